The number of carbonyl (C=O) groups is 2. The number of carboxylic acid groups (broad SMARTS) is 1. The van der Waals surface area contributed by atoms with Gasteiger partial charge in [0.2, 0.25) is 5.91 Å². The van der Waals surface area contributed by atoms with E-state index in [1.54, 1.807) is 6.92 Å². The van der Waals surface area contributed by atoms with Crippen LogP contribution in [0.3, 0.4) is 0 Å². The van der Waals surface area contributed by atoms with E-state index in [-0.39, 0.29) is 25.4 Å². The summed E-state index contributed by atoms with van der Waals surface area (Å²) < 4.78 is 10.8. The highest BCUT2D eigenvalue weighted by atomic mass is 16.5. The van der Waals surface area contributed by atoms with Crippen LogP contribution in [0, 0.1) is 6.92 Å². The van der Waals surface area contributed by atoms with Gasteiger partial charge in [0, 0.05) is 25.5 Å². The van der Waals surface area contributed by atoms with Gasteiger partial charge in [-0.2, -0.15) is 0 Å². The predicted molar refractivity (Wildman–Crippen MR) is 95.7 cm³/mol. The number of nitrogens with zero attached hydrogens (tertiary/aromatic N) is 1. The number of rotatable bonds is 9. The van der Waals surface area contributed by atoms with Crippen molar-refractivity contribution in [2.45, 2.75) is 38.6 Å². The molecule has 1 unspecified atom stereocenters. The summed E-state index contributed by atoms with van der Waals surface area (Å²) in [5, 5.41) is 11.7. The van der Waals surface area contributed by atoms with Crippen LogP contribution in [0.2, 0.25) is 0 Å². The van der Waals surface area contributed by atoms with E-state index in [4.69, 9.17) is 14.3 Å². The number of amides is 1. The van der Waals surface area contributed by atoms with Gasteiger partial charge in [-0.3, -0.25) is 9.59 Å². The van der Waals surface area contributed by atoms with Crippen molar-refractivity contribution < 1.29 is 23.8 Å². The Bertz CT molecular complexity index is 757. The maximum Gasteiger partial charge on any atom is 0.305 e. The van der Waals surface area contributed by atoms with Crippen LogP contribution in [-0.4, -0.2) is 41.2 Å². The van der Waals surface area contributed by atoms with E-state index >= 15 is 0 Å². The van der Waals surface area contributed by atoms with Crippen LogP contribution in [-0.2, 0) is 20.7 Å². The lowest BCUT2D eigenvalue weighted by atomic mass is 9.98. The van der Waals surface area contributed by atoms with Gasteiger partial charge in [-0.1, -0.05) is 30.3 Å². The van der Waals surface area contributed by atoms with Gasteiger partial charge < -0.3 is 19.6 Å². The Morgan fingerprint density at radius 3 is 2.62 bits per heavy atom. The summed E-state index contributed by atoms with van der Waals surface area (Å²) in [5.74, 6) is -0.108. The number of hydrogen-bond donors (Lipinski definition) is 2. The summed E-state index contributed by atoms with van der Waals surface area (Å²) in [4.78, 5) is 27.6. The average Bonchev–Trinajstić information content (AvgIpc) is 2.94. The molecule has 26 heavy (non-hydrogen) atoms. The van der Waals surface area contributed by atoms with Crippen LogP contribution in [0.15, 0.2) is 34.7 Å². The number of aromatic nitrogens is 1. The predicted octanol–water partition coefficient (Wildman–Crippen LogP) is 2.58. The second-order valence-corrected chi connectivity index (χ2v) is 6.50. The van der Waals surface area contributed by atoms with E-state index < -0.39 is 11.5 Å². The Balaban J connectivity index is 1.98. The molecule has 1 aromatic carbocycles. The highest BCUT2D eigenvalue weighted by Crippen LogP contribution is 2.24. The zero-order valence-corrected chi connectivity index (χ0v) is 15.2. The molecule has 0 aliphatic heterocycles. The first kappa shape index (κ1) is 19.7. The van der Waals surface area contributed by atoms with Crippen molar-refractivity contribution in [1.29, 1.82) is 0 Å². The van der Waals surface area contributed by atoms with Crippen LogP contribution in [0.1, 0.15) is 31.4 Å². The SMILES string of the molecule is COCC(C)(CC(=O)O)NC(=O)CCc1nc(C)c(-c2ccccc2)o1. The number of nitrogens with one attached hydrogen (secondary N) is 1. The molecular formula is C19H24N2O5. The monoisotopic (exact) mass is 360 g/mol. The molecule has 0 aliphatic carbocycles. The number of benzene rings is 1. The van der Waals surface area contributed by atoms with Gasteiger partial charge in [-0.15, -0.1) is 0 Å². The molecular weight excluding hydrogens is 336 g/mol. The Kier molecular flexibility index (Phi) is 6.52. The number of ether oxygens (including phenoxy) is 1. The Hall–Kier alpha value is -2.67. The van der Waals surface area contributed by atoms with Crippen molar-refractivity contribution in [3.63, 3.8) is 0 Å². The number of carboxylic acids is 1. The van der Waals surface area contributed by atoms with Crippen molar-refractivity contribution in [3.05, 3.63) is 41.9 Å². The molecule has 0 bridgehead atoms. The zero-order chi connectivity index (χ0) is 19.2. The van der Waals surface area contributed by atoms with E-state index in [0.29, 0.717) is 18.1 Å². The van der Waals surface area contributed by atoms with Crippen molar-refractivity contribution in [1.82, 2.24) is 10.3 Å². The van der Waals surface area contributed by atoms with Gasteiger partial charge in [-0.25, -0.2) is 4.98 Å². The molecule has 1 aromatic heterocycles. The molecule has 0 radical (unpaired) electrons. The second kappa shape index (κ2) is 8.62. The molecule has 0 aliphatic rings. The van der Waals surface area contributed by atoms with Crippen LogP contribution < -0.4 is 5.32 Å². The van der Waals surface area contributed by atoms with Gasteiger partial charge in [0.1, 0.15) is 0 Å². The van der Waals surface area contributed by atoms with Gasteiger partial charge >= 0.3 is 5.97 Å². The number of carbonyl (C=O) groups excluding carboxylic acids is 1. The number of oxazole rings is 1. The third-order valence-corrected chi connectivity index (χ3v) is 3.89. The molecule has 1 heterocycles. The highest BCUT2D eigenvalue weighted by molar-refractivity contribution is 5.78. The van der Waals surface area contributed by atoms with Gasteiger partial charge in [0.25, 0.3) is 0 Å². The molecule has 2 aromatic rings. The molecule has 0 saturated carbocycles. The van der Waals surface area contributed by atoms with Gasteiger partial charge in [0.15, 0.2) is 11.7 Å². The maximum atomic E-state index is 12.2. The van der Waals surface area contributed by atoms with Gasteiger partial charge in [0.05, 0.1) is 24.3 Å². The first-order chi connectivity index (χ1) is 12.3. The third kappa shape index (κ3) is 5.42. The molecule has 0 fully saturated rings. The summed E-state index contributed by atoms with van der Waals surface area (Å²) in [7, 11) is 1.47. The molecule has 140 valence electrons. The number of hydrogen-bond acceptors (Lipinski definition) is 5. The second-order valence-electron chi connectivity index (χ2n) is 6.50. The fourth-order valence-electron chi connectivity index (χ4n) is 2.82. The summed E-state index contributed by atoms with van der Waals surface area (Å²) in [6, 6.07) is 9.64. The summed E-state index contributed by atoms with van der Waals surface area (Å²) in [6.07, 6.45) is 0.256. The molecule has 7 heteroatoms. The average molecular weight is 360 g/mol. The molecule has 7 nitrogen and oxygen atoms in total. The van der Waals surface area contributed by atoms with Crippen molar-refractivity contribution in [2.24, 2.45) is 0 Å². The number of methoxy groups -OCH3 is 1. The highest BCUT2D eigenvalue weighted by Gasteiger charge is 2.29. The quantitative estimate of drug-likeness (QED) is 0.713. The minimum atomic E-state index is -0.999. The first-order valence-electron chi connectivity index (χ1n) is 8.36. The smallest absolute Gasteiger partial charge is 0.305 e. The molecule has 2 rings (SSSR count). The standard InChI is InChI=1S/C19H24N2O5/c1-13-18(14-7-5-4-6-8-14)26-16(20-13)10-9-15(22)21-19(2,12-25-3)11-17(23)24/h4-8H,9-12H2,1-3H3,(H,21,22)(H,23,24). The first-order valence-corrected chi connectivity index (χ1v) is 8.36. The molecule has 0 spiro atoms. The largest absolute Gasteiger partial charge is 0.481 e. The van der Waals surface area contributed by atoms with E-state index in [9.17, 15) is 9.59 Å². The van der Waals surface area contributed by atoms with Gasteiger partial charge in [-0.05, 0) is 13.8 Å². The summed E-state index contributed by atoms with van der Waals surface area (Å²) in [6.45, 7) is 3.62. The maximum absolute atomic E-state index is 12.2. The normalized spacial score (nSPS) is 13.2. The fourth-order valence-corrected chi connectivity index (χ4v) is 2.82. The van der Waals surface area contributed by atoms with Crippen LogP contribution in [0.25, 0.3) is 11.3 Å². The minimum Gasteiger partial charge on any atom is -0.481 e. The van der Waals surface area contributed by atoms with Crippen LogP contribution in [0.4, 0.5) is 0 Å². The number of aryl methyl sites for hydroxylation is 2. The lowest BCUT2D eigenvalue weighted by Crippen LogP contribution is -2.50. The number of aliphatic carboxylic acids is 1. The molecule has 1 amide bonds. The fraction of sp³-hybridized carbons (Fsp3) is 0.421. The Morgan fingerprint density at radius 1 is 1.31 bits per heavy atom. The topological polar surface area (TPSA) is 102 Å². The van der Waals surface area contributed by atoms with Crippen molar-refractivity contribution in [3.8, 4) is 11.3 Å². The Morgan fingerprint density at radius 2 is 2.00 bits per heavy atom. The lowest BCUT2D eigenvalue weighted by molar-refractivity contribution is -0.139. The molecule has 0 saturated heterocycles. The summed E-state index contributed by atoms with van der Waals surface area (Å²) >= 11 is 0. The van der Waals surface area contributed by atoms with Crippen molar-refractivity contribution >= 4 is 11.9 Å². The van der Waals surface area contributed by atoms with E-state index in [1.165, 1.54) is 7.11 Å². The van der Waals surface area contributed by atoms with Crippen molar-refractivity contribution in [2.75, 3.05) is 13.7 Å². The van der Waals surface area contributed by atoms with E-state index in [0.717, 1.165) is 11.3 Å². The summed E-state index contributed by atoms with van der Waals surface area (Å²) in [5.41, 5.74) is 0.739. The van der Waals surface area contributed by atoms with E-state index in [1.807, 2.05) is 37.3 Å². The minimum absolute atomic E-state index is 0.112. The van der Waals surface area contributed by atoms with E-state index in [2.05, 4.69) is 10.3 Å². The third-order valence-electron chi connectivity index (χ3n) is 3.89. The molecule has 2 N–H and O–H groups in total. The van der Waals surface area contributed by atoms with Crippen LogP contribution >= 0.6 is 0 Å². The molecule has 1 atom stereocenters. The zero-order valence-electron chi connectivity index (χ0n) is 15.2. The lowest BCUT2D eigenvalue weighted by Gasteiger charge is -2.28. The Labute approximate surface area is 152 Å². The van der Waals surface area contributed by atoms with Crippen LogP contribution in [0.5, 0.6) is 0 Å².